The minimum Gasteiger partial charge on any atom is -0.453 e. The molecule has 0 radical (unpaired) electrons. The number of hydrogen-bond acceptors (Lipinski definition) is 7. The topological polar surface area (TPSA) is 107 Å². The molecule has 0 atom stereocenters. The van der Waals surface area contributed by atoms with Crippen molar-refractivity contribution in [2.24, 2.45) is 4.99 Å². The number of ether oxygens (including phenoxy) is 1. The molecule has 3 heterocycles. The molecule has 0 unspecified atom stereocenters. The number of aromatic nitrogens is 5. The highest BCUT2D eigenvalue weighted by Crippen LogP contribution is 2.23. The summed E-state index contributed by atoms with van der Waals surface area (Å²) in [6.07, 6.45) is 7.88. The zero-order valence-electron chi connectivity index (χ0n) is 13.7. The number of aliphatic imine (C=N–C) groups is 1. The highest BCUT2D eigenvalue weighted by molar-refractivity contribution is 6.01. The van der Waals surface area contributed by atoms with E-state index in [-0.39, 0.29) is 5.56 Å². The number of rotatable bonds is 5. The van der Waals surface area contributed by atoms with E-state index in [9.17, 15) is 4.79 Å². The van der Waals surface area contributed by atoms with Gasteiger partial charge in [0.2, 0.25) is 0 Å². The average molecular weight is 337 g/mol. The van der Waals surface area contributed by atoms with Gasteiger partial charge in [0.25, 0.3) is 5.91 Å². The Kier molecular flexibility index (Phi) is 4.46. The molecule has 0 bridgehead atoms. The van der Waals surface area contributed by atoms with Crippen LogP contribution in [0.4, 0.5) is 0 Å². The minimum atomic E-state index is -0.399. The first-order valence-corrected chi connectivity index (χ1v) is 7.35. The lowest BCUT2D eigenvalue weighted by Crippen LogP contribution is -2.22. The molecule has 0 saturated carbocycles. The molecule has 9 heteroatoms. The predicted molar refractivity (Wildman–Crippen MR) is 90.6 cm³/mol. The van der Waals surface area contributed by atoms with Crippen molar-refractivity contribution in [1.82, 2.24) is 29.9 Å². The SMILES string of the molecule is C=NC(=CC)NC(=O)c1cc(Oc2cnc(C)nc2)cn2cnnc12. The smallest absolute Gasteiger partial charge is 0.260 e. The Morgan fingerprint density at radius 1 is 1.36 bits per heavy atom. The van der Waals surface area contributed by atoms with Crippen molar-refractivity contribution in [2.45, 2.75) is 13.8 Å². The van der Waals surface area contributed by atoms with E-state index >= 15 is 0 Å². The van der Waals surface area contributed by atoms with Crippen molar-refractivity contribution < 1.29 is 9.53 Å². The summed E-state index contributed by atoms with van der Waals surface area (Å²) >= 11 is 0. The van der Waals surface area contributed by atoms with Crippen LogP contribution in [0.3, 0.4) is 0 Å². The number of fused-ring (bicyclic) bond motifs is 1. The van der Waals surface area contributed by atoms with E-state index < -0.39 is 5.91 Å². The number of pyridine rings is 1. The molecule has 3 rings (SSSR count). The summed E-state index contributed by atoms with van der Waals surface area (Å²) in [6, 6.07) is 1.57. The molecule has 9 nitrogen and oxygen atoms in total. The van der Waals surface area contributed by atoms with Crippen LogP contribution in [0.2, 0.25) is 0 Å². The number of hydrogen-bond donors (Lipinski definition) is 1. The maximum Gasteiger partial charge on any atom is 0.260 e. The monoisotopic (exact) mass is 337 g/mol. The molecule has 0 saturated heterocycles. The first kappa shape index (κ1) is 16.2. The number of nitrogens with zero attached hydrogens (tertiary/aromatic N) is 6. The summed E-state index contributed by atoms with van der Waals surface area (Å²) in [7, 11) is 0. The van der Waals surface area contributed by atoms with E-state index in [0.717, 1.165) is 0 Å². The molecular formula is C16H15N7O2. The van der Waals surface area contributed by atoms with Gasteiger partial charge in [-0.1, -0.05) is 0 Å². The van der Waals surface area contributed by atoms with E-state index in [1.807, 2.05) is 0 Å². The Balaban J connectivity index is 1.97. The van der Waals surface area contributed by atoms with E-state index in [1.54, 1.807) is 49.0 Å². The van der Waals surface area contributed by atoms with E-state index in [2.05, 4.69) is 37.2 Å². The average Bonchev–Trinajstić information content (AvgIpc) is 3.09. The van der Waals surface area contributed by atoms with Crippen LogP contribution in [0.5, 0.6) is 11.5 Å². The van der Waals surface area contributed by atoms with Crippen LogP contribution in [0.15, 0.2) is 47.9 Å². The molecule has 126 valence electrons. The molecule has 1 amide bonds. The standard InChI is InChI=1S/C16H15N7O2/c1-4-14(17-3)21-16(24)13-5-11(8-23-9-20-22-15(13)23)25-12-6-18-10(2)19-7-12/h4-9H,3H2,1-2H3,(H,21,24). The number of aryl methyl sites for hydroxylation is 1. The zero-order chi connectivity index (χ0) is 17.8. The highest BCUT2D eigenvalue weighted by Gasteiger charge is 2.16. The summed E-state index contributed by atoms with van der Waals surface area (Å²) in [4.78, 5) is 24.4. The number of allylic oxidation sites excluding steroid dienone is 1. The van der Waals surface area contributed by atoms with E-state index in [4.69, 9.17) is 4.74 Å². The minimum absolute atomic E-state index is 0.283. The lowest BCUT2D eigenvalue weighted by molar-refractivity contribution is 0.0966. The van der Waals surface area contributed by atoms with Gasteiger partial charge in [-0.15, -0.1) is 10.2 Å². The molecule has 0 aliphatic carbocycles. The van der Waals surface area contributed by atoms with Crippen LogP contribution < -0.4 is 10.1 Å². The molecule has 3 aromatic rings. The summed E-state index contributed by atoms with van der Waals surface area (Å²) in [5, 5.41) is 10.4. The van der Waals surface area contributed by atoms with Gasteiger partial charge >= 0.3 is 0 Å². The molecule has 1 N–H and O–H groups in total. The Labute approximate surface area is 143 Å². The van der Waals surface area contributed by atoms with Crippen molar-refractivity contribution in [3.8, 4) is 11.5 Å². The van der Waals surface area contributed by atoms with Crippen LogP contribution >= 0.6 is 0 Å². The fourth-order valence-corrected chi connectivity index (χ4v) is 2.09. The van der Waals surface area contributed by atoms with Crippen molar-refractivity contribution in [1.29, 1.82) is 0 Å². The maximum absolute atomic E-state index is 12.5. The Hall–Kier alpha value is -3.62. The molecule has 0 spiro atoms. The molecule has 0 aliphatic rings. The number of nitrogens with one attached hydrogen (secondary N) is 1. The third kappa shape index (κ3) is 3.50. The number of carbonyl (C=O) groups is 1. The van der Waals surface area contributed by atoms with Gasteiger partial charge in [0.05, 0.1) is 24.2 Å². The fraction of sp³-hybridized carbons (Fsp3) is 0.125. The lowest BCUT2D eigenvalue weighted by atomic mass is 10.2. The van der Waals surface area contributed by atoms with Gasteiger partial charge in [-0.2, -0.15) is 0 Å². The van der Waals surface area contributed by atoms with Gasteiger partial charge in [-0.05, 0) is 32.7 Å². The van der Waals surface area contributed by atoms with Gasteiger partial charge < -0.3 is 10.1 Å². The summed E-state index contributed by atoms with van der Waals surface area (Å²) in [5.74, 6) is 1.45. The van der Waals surface area contributed by atoms with E-state index in [1.165, 1.54) is 6.33 Å². The van der Waals surface area contributed by atoms with Crippen LogP contribution in [0.1, 0.15) is 23.1 Å². The van der Waals surface area contributed by atoms with Gasteiger partial charge in [0.1, 0.15) is 23.7 Å². The van der Waals surface area contributed by atoms with Gasteiger partial charge in [-0.3, -0.25) is 9.20 Å². The Morgan fingerprint density at radius 2 is 2.12 bits per heavy atom. The third-order valence-corrected chi connectivity index (χ3v) is 3.29. The third-order valence-electron chi connectivity index (χ3n) is 3.29. The van der Waals surface area contributed by atoms with Crippen molar-refractivity contribution in [3.63, 3.8) is 0 Å². The fourth-order valence-electron chi connectivity index (χ4n) is 2.09. The first-order valence-electron chi connectivity index (χ1n) is 7.35. The second kappa shape index (κ2) is 6.87. The summed E-state index contributed by atoms with van der Waals surface area (Å²) in [5.41, 5.74) is 0.676. The number of carbonyl (C=O) groups excluding carboxylic acids is 1. The molecule has 0 aliphatic heterocycles. The van der Waals surface area contributed by atoms with Crippen LogP contribution in [-0.2, 0) is 0 Å². The summed E-state index contributed by atoms with van der Waals surface area (Å²) in [6.45, 7) is 6.93. The largest absolute Gasteiger partial charge is 0.453 e. The normalized spacial score (nSPS) is 11.4. The molecular weight excluding hydrogens is 322 g/mol. The van der Waals surface area contributed by atoms with E-state index in [0.29, 0.717) is 28.8 Å². The van der Waals surface area contributed by atoms with Gasteiger partial charge in [0, 0.05) is 0 Å². The van der Waals surface area contributed by atoms with Crippen molar-refractivity contribution in [2.75, 3.05) is 0 Å². The van der Waals surface area contributed by atoms with Crippen molar-refractivity contribution >= 4 is 18.3 Å². The van der Waals surface area contributed by atoms with Gasteiger partial charge in [-0.25, -0.2) is 15.0 Å². The molecule has 3 aromatic heterocycles. The Bertz CT molecular complexity index is 960. The second-order valence-electron chi connectivity index (χ2n) is 5.01. The lowest BCUT2D eigenvalue weighted by Gasteiger charge is -2.09. The van der Waals surface area contributed by atoms with Crippen LogP contribution in [0.25, 0.3) is 5.65 Å². The quantitative estimate of drug-likeness (QED) is 0.713. The van der Waals surface area contributed by atoms with Crippen LogP contribution in [0, 0.1) is 6.92 Å². The van der Waals surface area contributed by atoms with Gasteiger partial charge in [0.15, 0.2) is 11.4 Å². The Morgan fingerprint density at radius 3 is 2.80 bits per heavy atom. The van der Waals surface area contributed by atoms with Crippen molar-refractivity contribution in [3.05, 3.63) is 54.3 Å². The molecule has 25 heavy (non-hydrogen) atoms. The zero-order valence-corrected chi connectivity index (χ0v) is 13.7. The molecule has 0 fully saturated rings. The highest BCUT2D eigenvalue weighted by atomic mass is 16.5. The first-order chi connectivity index (χ1) is 12.1. The van der Waals surface area contributed by atoms with Crippen LogP contribution in [-0.4, -0.2) is 37.2 Å². The number of amides is 1. The maximum atomic E-state index is 12.5. The molecule has 0 aromatic carbocycles. The summed E-state index contributed by atoms with van der Waals surface area (Å²) < 4.78 is 7.32. The second-order valence-corrected chi connectivity index (χ2v) is 5.01. The predicted octanol–water partition coefficient (Wildman–Crippen LogP) is 1.91.